The topological polar surface area (TPSA) is 400 Å². The third kappa shape index (κ3) is 19.6. The molecule has 31 nitrogen and oxygen atoms in total. The number of aryl methyl sites for hydroxylation is 5. The maximum absolute atomic E-state index is 12.1. The molecule has 3 saturated carbocycles. The van der Waals surface area contributed by atoms with E-state index in [1.54, 1.807) is 37.6 Å². The fourth-order valence-electron chi connectivity index (χ4n) is 20.7. The Balaban J connectivity index is 0.000000105. The van der Waals surface area contributed by atoms with Crippen molar-refractivity contribution < 1.29 is 42.8 Å². The van der Waals surface area contributed by atoms with Crippen molar-refractivity contribution in [1.29, 1.82) is 0 Å². The van der Waals surface area contributed by atoms with Crippen LogP contribution in [0.5, 0.6) is 28.7 Å². The van der Waals surface area contributed by atoms with Gasteiger partial charge < -0.3 is 54.8 Å². The maximum Gasteiger partial charge on any atom is 0.248 e. The number of pyridine rings is 7. The number of nitrogens with two attached hydrogens (primary N) is 2. The van der Waals surface area contributed by atoms with Crippen molar-refractivity contribution in [2.24, 2.45) is 16.9 Å². The molecule has 27 rings (SSSR count). The maximum atomic E-state index is 12.1. The van der Waals surface area contributed by atoms with Crippen LogP contribution in [0.15, 0.2) is 256 Å². The van der Waals surface area contributed by atoms with Gasteiger partial charge in [0.05, 0.1) is 97.9 Å². The Labute approximate surface area is 853 Å². The molecule has 148 heavy (non-hydrogen) atoms. The summed E-state index contributed by atoms with van der Waals surface area (Å²) in [4.78, 5) is 104. The zero-order valence-corrected chi connectivity index (χ0v) is 83.3. The average molecular weight is 1970 g/mol. The number of ketones is 1. The van der Waals surface area contributed by atoms with Crippen LogP contribution in [-0.4, -0.2) is 170 Å². The lowest BCUT2D eigenvalue weighted by Crippen LogP contribution is -2.50. The molecule has 31 heteroatoms. The number of ether oxygens (including phenoxy) is 6. The van der Waals surface area contributed by atoms with Crippen LogP contribution in [0, 0.1) is 26.2 Å². The molecule has 19 aromatic rings. The number of nitrogens with one attached hydrogen (secondary N) is 3. The predicted molar refractivity (Wildman–Crippen MR) is 567 cm³/mol. The van der Waals surface area contributed by atoms with E-state index in [-0.39, 0.29) is 41.5 Å². The quantitative estimate of drug-likeness (QED) is 0.0469. The minimum atomic E-state index is -0.466. The summed E-state index contributed by atoms with van der Waals surface area (Å²) < 4.78 is 37.8. The first kappa shape index (κ1) is 95.6. The van der Waals surface area contributed by atoms with Crippen molar-refractivity contribution in [3.05, 3.63) is 307 Å². The summed E-state index contributed by atoms with van der Waals surface area (Å²) >= 11 is 0. The molecule has 6 aromatic carbocycles. The summed E-state index contributed by atoms with van der Waals surface area (Å²) in [5.41, 5.74) is 40.2. The number of nitrogens with zero attached hydrogens (tertiary/aromatic N) is 17. The lowest BCUT2D eigenvalue weighted by Gasteiger charge is -2.51. The van der Waals surface area contributed by atoms with E-state index < -0.39 is 5.91 Å². The highest BCUT2D eigenvalue weighted by molar-refractivity contribution is 6.05. The minimum absolute atomic E-state index is 0.0512. The van der Waals surface area contributed by atoms with Crippen molar-refractivity contribution in [3.8, 4) is 153 Å². The summed E-state index contributed by atoms with van der Waals surface area (Å²) in [6, 6.07) is 70.5. The Bertz CT molecular complexity index is 8220. The highest BCUT2D eigenvalue weighted by Crippen LogP contribution is 2.58. The first-order chi connectivity index (χ1) is 72.1. The van der Waals surface area contributed by atoms with E-state index in [4.69, 9.17) is 75.0 Å². The third-order valence-corrected chi connectivity index (χ3v) is 28.7. The molecule has 2 bridgehead atoms. The fourth-order valence-corrected chi connectivity index (χ4v) is 20.7. The number of imidazole rings is 3. The molecule has 7 N–H and O–H groups in total. The number of fused-ring (bicyclic) bond motifs is 10. The Hall–Kier alpha value is -17.2. The number of amides is 2. The van der Waals surface area contributed by atoms with Crippen LogP contribution >= 0.6 is 0 Å². The molecule has 5 aliphatic heterocycles. The summed E-state index contributed by atoms with van der Waals surface area (Å²) in [5.74, 6) is 5.76. The van der Waals surface area contributed by atoms with Gasteiger partial charge in [0, 0.05) is 176 Å². The Morgan fingerprint density at radius 1 is 0.426 bits per heavy atom. The van der Waals surface area contributed by atoms with E-state index in [0.717, 1.165) is 302 Å². The fraction of sp³-hybridized carbons (Fsp3) is 0.256. The van der Waals surface area contributed by atoms with Crippen LogP contribution in [0.3, 0.4) is 0 Å². The molecule has 4 fully saturated rings. The molecular weight excluding hydrogens is 1860 g/mol. The van der Waals surface area contributed by atoms with Crippen molar-refractivity contribution in [1.82, 2.24) is 99.2 Å². The standard InChI is InChI=1S/C26H27N5O2.C25H26N4O3.C23H20N4O.C22H16N4O3.C21H21N5/c1-2-9-27-22(4-1)26-25(24-5-3-11-31(24)29-26)21-8-10-28-23-18-19(6-7-20(21)23)33-17-14-30-12-15-32-16-13-30;1-15-3-2-4-17(27-15)21-20(16-5-6-18-19(13-16)32-14-31-18)28-23(29-21)25-10-7-24(8-11-25,9-12-25)22(26)30;1-14-5-3-6-20(25-14)23-22(21-7-4-12-27(21)26-23)17-10-11-24-19-9-8-16(15(2)28)13-18(17)19;23-21(27)13-4-6-14(7-5-13)22-25-19(20(26-22)16-3-1-2-10-24-16)15-8-9-17-18(11-15)29-12-28-17;1-13-6-5-7-16(24-13)19-18(25-20(26-19)21(2,3)4)14-8-9-15-17(12-14)23-11-10-22-15/h1-2,4,6-10,18H,3,5,11-17H2;2-6,13H,7-12,14H2,1H3,(H2,26,30)(H,28,29);3,5-6,8-11,13H,4,7,12H2,1-2H3;1-11H,12H2,(H2,23,27)(H,25,26);5-12H,1-4H3,(H,25,26). The van der Waals surface area contributed by atoms with Gasteiger partial charge in [0.25, 0.3) is 0 Å². The van der Waals surface area contributed by atoms with E-state index in [2.05, 4.69) is 103 Å². The summed E-state index contributed by atoms with van der Waals surface area (Å²) in [6.07, 6.45) is 20.2. The molecule has 0 unspecified atom stereocenters. The van der Waals surface area contributed by atoms with Gasteiger partial charge in [-0.15, -0.1) is 0 Å². The molecule has 2 amide bonds. The number of Topliss-reactive ketones (excluding diaryl/α,β-unsaturated/α-hetero) is 1. The molecule has 8 aliphatic rings. The van der Waals surface area contributed by atoms with Gasteiger partial charge in [-0.2, -0.15) is 10.2 Å². The lowest BCUT2D eigenvalue weighted by molar-refractivity contribution is -0.134. The van der Waals surface area contributed by atoms with Gasteiger partial charge >= 0.3 is 0 Å². The zero-order valence-electron chi connectivity index (χ0n) is 83.3. The number of aromatic amines is 3. The predicted octanol–water partition coefficient (Wildman–Crippen LogP) is 21.0. The van der Waals surface area contributed by atoms with Gasteiger partial charge in [0.15, 0.2) is 28.8 Å². The number of primary amides is 2. The number of rotatable bonds is 19. The van der Waals surface area contributed by atoms with Gasteiger partial charge in [0.1, 0.15) is 41.2 Å². The molecule has 742 valence electrons. The average Bonchev–Trinajstić information content (AvgIpc) is 1.47. The Kier molecular flexibility index (Phi) is 26.4. The number of hydrogen-bond donors (Lipinski definition) is 5. The van der Waals surface area contributed by atoms with Crippen LogP contribution in [0.1, 0.15) is 140 Å². The zero-order chi connectivity index (χ0) is 101. The molecule has 13 aromatic heterocycles. The Morgan fingerprint density at radius 3 is 1.55 bits per heavy atom. The van der Waals surface area contributed by atoms with E-state index in [0.29, 0.717) is 35.1 Å². The first-order valence-corrected chi connectivity index (χ1v) is 50.2. The van der Waals surface area contributed by atoms with Crippen LogP contribution in [-0.2, 0) is 46.3 Å². The number of H-pyrrole nitrogens is 3. The number of aromatic nitrogens is 19. The molecule has 18 heterocycles. The van der Waals surface area contributed by atoms with Gasteiger partial charge in [-0.05, 0) is 267 Å². The monoisotopic (exact) mass is 1970 g/mol. The third-order valence-electron chi connectivity index (χ3n) is 28.7. The lowest BCUT2D eigenvalue weighted by atomic mass is 9.53. The van der Waals surface area contributed by atoms with Crippen molar-refractivity contribution in [2.45, 2.75) is 137 Å². The van der Waals surface area contributed by atoms with E-state index in [9.17, 15) is 14.4 Å². The summed E-state index contributed by atoms with van der Waals surface area (Å²) in [6.45, 7) is 21.5. The molecular formula is C117H110N22O9. The second kappa shape index (κ2) is 40.8. The number of carbonyl (C=O) groups excluding carboxylic acids is 3. The summed E-state index contributed by atoms with van der Waals surface area (Å²) in [5, 5.41) is 11.9. The second-order valence-corrected chi connectivity index (χ2v) is 39.3. The van der Waals surface area contributed by atoms with E-state index >= 15 is 0 Å². The van der Waals surface area contributed by atoms with Gasteiger partial charge in [-0.3, -0.25) is 73.5 Å². The molecule has 0 radical (unpaired) electrons. The first-order valence-electron chi connectivity index (χ1n) is 50.2. The minimum Gasteiger partial charge on any atom is -0.492 e. The van der Waals surface area contributed by atoms with Gasteiger partial charge in [-0.25, -0.2) is 15.0 Å². The van der Waals surface area contributed by atoms with Crippen molar-refractivity contribution in [2.75, 3.05) is 53.0 Å². The van der Waals surface area contributed by atoms with E-state index in [1.165, 1.54) is 17.0 Å². The summed E-state index contributed by atoms with van der Waals surface area (Å²) in [7, 11) is 0. The number of carbonyl (C=O) groups is 3. The molecule has 1 saturated heterocycles. The van der Waals surface area contributed by atoms with Gasteiger partial charge in [0.2, 0.25) is 25.4 Å². The van der Waals surface area contributed by atoms with Crippen molar-refractivity contribution >= 4 is 50.4 Å². The Morgan fingerprint density at radius 2 is 0.946 bits per heavy atom. The van der Waals surface area contributed by atoms with E-state index in [1.807, 2.05) is 227 Å². The highest BCUT2D eigenvalue weighted by atomic mass is 16.7. The van der Waals surface area contributed by atoms with Crippen LogP contribution in [0.4, 0.5) is 0 Å². The smallest absolute Gasteiger partial charge is 0.248 e. The number of morpholine rings is 1. The molecule has 0 atom stereocenters. The highest BCUT2D eigenvalue weighted by Gasteiger charge is 2.54. The number of hydrogen-bond acceptors (Lipinski definition) is 24. The van der Waals surface area contributed by atoms with Gasteiger partial charge in [-0.1, -0.05) is 69.3 Å². The van der Waals surface area contributed by atoms with Crippen LogP contribution in [0.25, 0.3) is 157 Å². The normalized spacial score (nSPS) is 16.1. The number of benzene rings is 6. The molecule has 3 aliphatic carbocycles. The van der Waals surface area contributed by atoms with Crippen molar-refractivity contribution in [3.63, 3.8) is 0 Å². The van der Waals surface area contributed by atoms with Crippen LogP contribution < -0.4 is 35.2 Å². The SMILES string of the molecule is CC(=O)c1ccc2nccc(-c3c(-c4cccc(C)n4)nn4c3CCC4)c2c1.Cc1cccc(-c2[nH]c(C(C)(C)C)nc2-c2ccc3nccnc3c2)n1.Cc1cccc(-c2[nH]c(C34CCC(C(N)=O)(CC3)CC4)nc2-c2ccc3c(c2)OCO3)n1.NC(=O)c1ccc(-c2nc(-c3ccc4c(c3)OCO4)c(-c3ccccn3)[nH]2)cc1.c1ccc(-c2nn3c(c2-c2ccnc4cc(OCCN5CCOCC5)ccc24)CCC3)nc1. The largest absolute Gasteiger partial charge is 0.492 e. The molecule has 0 spiro atoms. The second-order valence-electron chi connectivity index (χ2n) is 39.3. The van der Waals surface area contributed by atoms with Crippen LogP contribution in [0.2, 0.25) is 0 Å².